The summed E-state index contributed by atoms with van der Waals surface area (Å²) in [5.41, 5.74) is 1.19. The van der Waals surface area contributed by atoms with E-state index in [0.717, 1.165) is 11.3 Å². The van der Waals surface area contributed by atoms with Crippen molar-refractivity contribution in [3.63, 3.8) is 0 Å². The third kappa shape index (κ3) is 4.44. The lowest BCUT2D eigenvalue weighted by atomic mass is 10.1. The first-order chi connectivity index (χ1) is 13.0. The fourth-order valence-corrected chi connectivity index (χ4v) is 8.19. The van der Waals surface area contributed by atoms with Crippen LogP contribution in [-0.2, 0) is 27.5 Å². The second kappa shape index (κ2) is 7.77. The van der Waals surface area contributed by atoms with Gasteiger partial charge in [0.1, 0.15) is 0 Å². The number of aliphatic imine (C=N–C) groups is 1. The van der Waals surface area contributed by atoms with Gasteiger partial charge in [-0.1, -0.05) is 48.2 Å². The fourth-order valence-electron chi connectivity index (χ4n) is 3.50. The number of carbonyl (C=O) groups excluding carboxylic acids is 1. The van der Waals surface area contributed by atoms with Crippen molar-refractivity contribution in [1.82, 2.24) is 4.90 Å². The summed E-state index contributed by atoms with van der Waals surface area (Å²) in [6.45, 7) is 0.665. The summed E-state index contributed by atoms with van der Waals surface area (Å²) in [4.78, 5) is 19.8. The minimum Gasteiger partial charge on any atom is -0.346 e. The molecule has 2 aliphatic heterocycles. The molecule has 2 aromatic rings. The molecule has 0 saturated carbocycles. The first kappa shape index (κ1) is 18.7. The fraction of sp³-hybridized carbons (Fsp3) is 0.368. The molecule has 0 unspecified atom stereocenters. The molecule has 2 aliphatic rings. The summed E-state index contributed by atoms with van der Waals surface area (Å²) < 4.78 is 24.1. The molecule has 142 valence electrons. The summed E-state index contributed by atoms with van der Waals surface area (Å²) in [7, 11) is -3.02. The van der Waals surface area contributed by atoms with E-state index in [9.17, 15) is 13.2 Å². The molecule has 0 radical (unpaired) electrons. The van der Waals surface area contributed by atoms with Crippen molar-refractivity contribution in [1.29, 1.82) is 0 Å². The Morgan fingerprint density at radius 3 is 2.70 bits per heavy atom. The van der Waals surface area contributed by atoms with Gasteiger partial charge in [-0.2, -0.15) is 4.99 Å². The number of sulfone groups is 1. The van der Waals surface area contributed by atoms with Gasteiger partial charge in [0.05, 0.1) is 24.0 Å². The van der Waals surface area contributed by atoms with Crippen LogP contribution in [0.15, 0.2) is 52.8 Å². The van der Waals surface area contributed by atoms with Crippen LogP contribution in [0.5, 0.6) is 0 Å². The van der Waals surface area contributed by atoms with Gasteiger partial charge in [0, 0.05) is 16.7 Å². The Hall–Kier alpha value is -1.64. The number of thiophene rings is 1. The molecule has 1 aromatic carbocycles. The first-order valence-corrected chi connectivity index (χ1v) is 12.4. The molecule has 4 rings (SSSR count). The maximum atomic E-state index is 12.4. The van der Waals surface area contributed by atoms with Crippen molar-refractivity contribution in [2.24, 2.45) is 4.99 Å². The minimum absolute atomic E-state index is 0.0286. The van der Waals surface area contributed by atoms with Crippen LogP contribution in [0.25, 0.3) is 0 Å². The van der Waals surface area contributed by atoms with Crippen LogP contribution in [0.4, 0.5) is 0 Å². The number of carbonyl (C=O) groups is 1. The molecule has 3 heterocycles. The lowest BCUT2D eigenvalue weighted by molar-refractivity contribution is -0.117. The number of nitrogens with zero attached hydrogens (tertiary/aromatic N) is 2. The average Bonchev–Trinajstić information content (AvgIpc) is 3.29. The van der Waals surface area contributed by atoms with Crippen LogP contribution in [-0.4, -0.2) is 53.7 Å². The molecular formula is C19H20N2O3S3. The second-order valence-electron chi connectivity index (χ2n) is 6.77. The van der Waals surface area contributed by atoms with Gasteiger partial charge in [-0.05, 0) is 23.4 Å². The van der Waals surface area contributed by atoms with Gasteiger partial charge in [0.2, 0.25) is 0 Å². The largest absolute Gasteiger partial charge is 0.346 e. The Kier molecular flexibility index (Phi) is 5.39. The van der Waals surface area contributed by atoms with E-state index in [2.05, 4.69) is 17.1 Å². The maximum Gasteiger partial charge on any atom is 0.253 e. The van der Waals surface area contributed by atoms with Crippen LogP contribution in [0.3, 0.4) is 0 Å². The minimum atomic E-state index is -3.02. The van der Waals surface area contributed by atoms with Crippen LogP contribution < -0.4 is 0 Å². The zero-order valence-electron chi connectivity index (χ0n) is 14.7. The van der Waals surface area contributed by atoms with E-state index in [1.165, 1.54) is 17.3 Å². The zero-order chi connectivity index (χ0) is 18.9. The third-order valence-electron chi connectivity index (χ3n) is 4.78. The molecule has 0 spiro atoms. The molecule has 2 atom stereocenters. The van der Waals surface area contributed by atoms with Crippen molar-refractivity contribution in [2.45, 2.75) is 24.1 Å². The third-order valence-corrected chi connectivity index (χ3v) is 8.91. The molecule has 5 nitrogen and oxygen atoms in total. The van der Waals surface area contributed by atoms with Crippen LogP contribution >= 0.6 is 23.1 Å². The number of thioether (sulfide) groups is 1. The van der Waals surface area contributed by atoms with Crippen LogP contribution in [0, 0.1) is 0 Å². The Morgan fingerprint density at radius 2 is 1.96 bits per heavy atom. The topological polar surface area (TPSA) is 66.8 Å². The average molecular weight is 421 g/mol. The second-order valence-corrected chi connectivity index (χ2v) is 11.2. The van der Waals surface area contributed by atoms with Crippen molar-refractivity contribution in [3.8, 4) is 0 Å². The van der Waals surface area contributed by atoms with E-state index in [0.29, 0.717) is 18.1 Å². The highest BCUT2D eigenvalue weighted by atomic mass is 32.2. The van der Waals surface area contributed by atoms with Gasteiger partial charge in [0.15, 0.2) is 15.0 Å². The summed E-state index contributed by atoms with van der Waals surface area (Å²) in [6, 6.07) is 13.9. The van der Waals surface area contributed by atoms with E-state index in [-0.39, 0.29) is 28.7 Å². The SMILES string of the molecule is O=C(Cc1cccs1)N=C1S[C@@H]2CS(=O)(=O)C[C@H]2N1CCc1ccccc1. The Balaban J connectivity index is 1.52. The highest BCUT2D eigenvalue weighted by Crippen LogP contribution is 2.38. The quantitative estimate of drug-likeness (QED) is 0.744. The first-order valence-electron chi connectivity index (χ1n) is 8.82. The summed E-state index contributed by atoms with van der Waals surface area (Å²) in [5.74, 6) is 0.146. The van der Waals surface area contributed by atoms with Gasteiger partial charge < -0.3 is 4.90 Å². The standard InChI is InChI=1S/C19H20N2O3S3/c22-18(11-15-7-4-10-25-15)20-19-21(9-8-14-5-2-1-3-6-14)16-12-27(23,24)13-17(16)26-19/h1-7,10,16-17H,8-9,11-13H2/t16-,17-/m1/s1. The normalized spacial score (nSPS) is 25.0. The molecule has 8 heteroatoms. The number of hydrogen-bond donors (Lipinski definition) is 0. The number of fused-ring (bicyclic) bond motifs is 1. The van der Waals surface area contributed by atoms with E-state index in [4.69, 9.17) is 0 Å². The van der Waals surface area contributed by atoms with Crippen LogP contribution in [0.1, 0.15) is 10.4 Å². The molecule has 2 saturated heterocycles. The number of rotatable bonds is 5. The van der Waals surface area contributed by atoms with Crippen molar-refractivity contribution < 1.29 is 13.2 Å². The molecule has 0 bridgehead atoms. The molecule has 0 N–H and O–H groups in total. The molecule has 1 aromatic heterocycles. The Morgan fingerprint density at radius 1 is 1.15 bits per heavy atom. The van der Waals surface area contributed by atoms with Crippen LogP contribution in [0.2, 0.25) is 0 Å². The van der Waals surface area contributed by atoms with Gasteiger partial charge in [0.25, 0.3) is 5.91 Å². The maximum absolute atomic E-state index is 12.4. The molecular weight excluding hydrogens is 400 g/mol. The monoisotopic (exact) mass is 420 g/mol. The number of hydrogen-bond acceptors (Lipinski definition) is 5. The number of amides is 1. The highest BCUT2D eigenvalue weighted by Gasteiger charge is 2.48. The molecule has 2 fully saturated rings. The van der Waals surface area contributed by atoms with E-state index >= 15 is 0 Å². The van der Waals surface area contributed by atoms with Gasteiger partial charge in [-0.15, -0.1) is 11.3 Å². The van der Waals surface area contributed by atoms with E-state index in [1.54, 1.807) is 11.3 Å². The lowest BCUT2D eigenvalue weighted by Crippen LogP contribution is -2.39. The van der Waals surface area contributed by atoms with E-state index in [1.807, 2.05) is 40.6 Å². The smallest absolute Gasteiger partial charge is 0.253 e. The number of benzene rings is 1. The highest BCUT2D eigenvalue weighted by molar-refractivity contribution is 8.15. The van der Waals surface area contributed by atoms with Crippen molar-refractivity contribution in [2.75, 3.05) is 18.1 Å². The van der Waals surface area contributed by atoms with Crippen molar-refractivity contribution in [3.05, 3.63) is 58.3 Å². The summed E-state index contributed by atoms with van der Waals surface area (Å²) in [6.07, 6.45) is 1.09. The Bertz CT molecular complexity index is 940. The predicted molar refractivity (Wildman–Crippen MR) is 111 cm³/mol. The van der Waals surface area contributed by atoms with Crippen molar-refractivity contribution >= 4 is 44.0 Å². The lowest BCUT2D eigenvalue weighted by Gasteiger charge is -2.24. The predicted octanol–water partition coefficient (Wildman–Crippen LogP) is 2.63. The summed E-state index contributed by atoms with van der Waals surface area (Å²) in [5, 5.41) is 2.60. The Labute approximate surface area is 167 Å². The van der Waals surface area contributed by atoms with E-state index < -0.39 is 9.84 Å². The molecule has 1 amide bonds. The number of amidine groups is 1. The van der Waals surface area contributed by atoms with Gasteiger partial charge in [-0.25, -0.2) is 8.42 Å². The zero-order valence-corrected chi connectivity index (χ0v) is 17.1. The van der Waals surface area contributed by atoms with Gasteiger partial charge >= 0.3 is 0 Å². The molecule has 27 heavy (non-hydrogen) atoms. The summed E-state index contributed by atoms with van der Waals surface area (Å²) >= 11 is 2.99. The molecule has 0 aliphatic carbocycles. The van der Waals surface area contributed by atoms with Gasteiger partial charge in [-0.3, -0.25) is 4.79 Å².